The normalized spacial score (nSPS) is 12.4. The summed E-state index contributed by atoms with van der Waals surface area (Å²) < 4.78 is 4.30. The van der Waals surface area contributed by atoms with Crippen LogP contribution in [0.25, 0.3) is 11.3 Å². The number of amidine groups is 1. The number of halogens is 1. The van der Waals surface area contributed by atoms with E-state index in [-0.39, 0.29) is 46.7 Å². The van der Waals surface area contributed by atoms with Gasteiger partial charge in [0.25, 0.3) is 17.7 Å². The summed E-state index contributed by atoms with van der Waals surface area (Å²) >= 11 is 7.20. The van der Waals surface area contributed by atoms with Gasteiger partial charge in [0.15, 0.2) is 28.4 Å². The molecule has 0 saturated carbocycles. The number of fused-ring (bicyclic) bond motifs is 2. The van der Waals surface area contributed by atoms with Crippen molar-refractivity contribution in [1.82, 2.24) is 59.3 Å². The molecule has 0 saturated heterocycles. The van der Waals surface area contributed by atoms with Crippen LogP contribution in [0.15, 0.2) is 60.2 Å². The number of aryl methyl sites for hydroxylation is 2. The third-order valence-corrected chi connectivity index (χ3v) is 6.07. The number of hydrogen-bond acceptors (Lipinski definition) is 16. The molecule has 6 rings (SSSR count). The van der Waals surface area contributed by atoms with E-state index in [1.165, 1.54) is 26.0 Å². The van der Waals surface area contributed by atoms with Gasteiger partial charge in [-0.05, 0) is 10.8 Å². The van der Waals surface area contributed by atoms with E-state index in [0.717, 1.165) is 18.2 Å². The molecule has 1 aliphatic heterocycles. The van der Waals surface area contributed by atoms with Crippen LogP contribution < -0.4 is 34.1 Å². The number of thiophene rings is 1. The number of rotatable bonds is 7. The predicted octanol–water partition coefficient (Wildman–Crippen LogP) is -3.37. The number of carbonyl (C=O) groups excluding carboxylic acids is 3. The molecule has 0 radical (unpaired) electrons. The topological polar surface area (TPSA) is 312 Å². The first-order chi connectivity index (χ1) is 22.9. The molecule has 48 heavy (non-hydrogen) atoms. The number of hydrazine groups is 1. The fraction of sp³-hybridized carbons (Fsp3) is 0.217. The summed E-state index contributed by atoms with van der Waals surface area (Å²) in [4.78, 5) is 70.4. The van der Waals surface area contributed by atoms with E-state index >= 15 is 0 Å². The lowest BCUT2D eigenvalue weighted by Gasteiger charge is -2.07. The quantitative estimate of drug-likeness (QED) is 0.0952. The van der Waals surface area contributed by atoms with Gasteiger partial charge in [-0.2, -0.15) is 20.7 Å². The first-order valence-corrected chi connectivity index (χ1v) is 14.5. The number of nitrogens with two attached hydrogens (primary N) is 3. The Kier molecular flexibility index (Phi) is 12.7. The third kappa shape index (κ3) is 9.14. The first kappa shape index (κ1) is 36.2. The second-order valence-electron chi connectivity index (χ2n) is 8.89. The monoisotopic (exact) mass is 702 g/mol. The van der Waals surface area contributed by atoms with Crippen molar-refractivity contribution in [2.45, 2.75) is 6.54 Å². The molecule has 0 aromatic carbocycles. The number of primary amides is 3. The molecule has 6 heterocycles. The van der Waals surface area contributed by atoms with Crippen LogP contribution in [-0.4, -0.2) is 109 Å². The van der Waals surface area contributed by atoms with Crippen molar-refractivity contribution in [3.63, 3.8) is 0 Å². The Balaban J connectivity index is 0.000000183. The van der Waals surface area contributed by atoms with Crippen LogP contribution in [0.4, 0.5) is 0 Å². The molecule has 0 fully saturated rings. The van der Waals surface area contributed by atoms with Crippen LogP contribution in [0.1, 0.15) is 21.0 Å². The molecule has 5 aromatic heterocycles. The van der Waals surface area contributed by atoms with Crippen LogP contribution in [0, 0.1) is 0 Å². The van der Waals surface area contributed by atoms with E-state index in [1.807, 2.05) is 22.9 Å². The highest BCUT2D eigenvalue weighted by Gasteiger charge is 2.18. The van der Waals surface area contributed by atoms with Crippen LogP contribution in [0.5, 0.6) is 0 Å². The number of aromatic nitrogens is 10. The Morgan fingerprint density at radius 3 is 1.96 bits per heavy atom. The highest BCUT2D eigenvalue weighted by molar-refractivity contribution is 7.07. The van der Waals surface area contributed by atoms with Crippen molar-refractivity contribution < 1.29 is 14.4 Å². The Bertz CT molecular complexity index is 2090. The Hall–Kier alpha value is -6.27. The van der Waals surface area contributed by atoms with Gasteiger partial charge < -0.3 is 17.2 Å². The van der Waals surface area contributed by atoms with Crippen molar-refractivity contribution in [3.05, 3.63) is 67.9 Å². The summed E-state index contributed by atoms with van der Waals surface area (Å²) in [6.07, 6.45) is 3.60. The zero-order chi connectivity index (χ0) is 35.4. The predicted molar refractivity (Wildman–Crippen MR) is 173 cm³/mol. The summed E-state index contributed by atoms with van der Waals surface area (Å²) in [5.41, 5.74) is 16.8. The molecule has 3 amide bonds. The molecule has 252 valence electrons. The van der Waals surface area contributed by atoms with Crippen molar-refractivity contribution in [3.8, 4) is 0 Å². The molecule has 0 atom stereocenters. The zero-order valence-corrected chi connectivity index (χ0v) is 26.8. The maximum absolute atomic E-state index is 11.7. The van der Waals surface area contributed by atoms with Gasteiger partial charge in [0.05, 0.1) is 6.54 Å². The van der Waals surface area contributed by atoms with Crippen molar-refractivity contribution in [2.24, 2.45) is 39.3 Å². The Morgan fingerprint density at radius 1 is 0.917 bits per heavy atom. The number of hydrogen-bond donors (Lipinski definition) is 4. The molecule has 25 heteroatoms. The number of amides is 3. The summed E-state index contributed by atoms with van der Waals surface area (Å²) in [6, 6.07) is 4.04. The number of alkyl halides is 1. The average molecular weight is 703 g/mol. The molecule has 7 N–H and O–H groups in total. The number of nitrogens with zero attached hydrogens (tertiary/aromatic N) is 14. The van der Waals surface area contributed by atoms with Gasteiger partial charge >= 0.3 is 11.4 Å². The third-order valence-electron chi connectivity index (χ3n) is 5.27. The van der Waals surface area contributed by atoms with Crippen molar-refractivity contribution in [2.75, 3.05) is 20.0 Å². The molecule has 0 unspecified atom stereocenters. The van der Waals surface area contributed by atoms with Gasteiger partial charge in [0, 0.05) is 27.0 Å². The minimum absolute atomic E-state index is 0.0447. The second kappa shape index (κ2) is 16.9. The Morgan fingerprint density at radius 2 is 1.48 bits per heavy atom. The van der Waals surface area contributed by atoms with E-state index in [1.54, 1.807) is 30.4 Å². The second-order valence-corrected chi connectivity index (χ2v) is 10.1. The van der Waals surface area contributed by atoms with Crippen molar-refractivity contribution >= 4 is 69.8 Å². The fourth-order valence-electron chi connectivity index (χ4n) is 3.18. The average Bonchev–Trinajstić information content (AvgIpc) is 3.87. The van der Waals surface area contributed by atoms with Gasteiger partial charge in [0.2, 0.25) is 5.84 Å². The molecule has 0 spiro atoms. The first-order valence-electron chi connectivity index (χ1n) is 13.0. The molecule has 0 aliphatic carbocycles. The number of imidazole rings is 2. The number of hydrazone groups is 1. The van der Waals surface area contributed by atoms with Crippen LogP contribution in [-0.2, 0) is 18.4 Å². The number of nitrogens with one attached hydrogen (secondary N) is 1. The summed E-state index contributed by atoms with van der Waals surface area (Å²) in [5, 5.41) is 23.9. The zero-order valence-electron chi connectivity index (χ0n) is 25.3. The van der Waals surface area contributed by atoms with E-state index in [0.29, 0.717) is 0 Å². The maximum Gasteiger partial charge on any atom is 0.353 e. The lowest BCUT2D eigenvalue weighted by atomic mass is 10.3. The summed E-state index contributed by atoms with van der Waals surface area (Å²) in [5.74, 6) is -1.71. The van der Waals surface area contributed by atoms with Gasteiger partial charge in [-0.25, -0.2) is 48.9 Å². The molecular formula is C23H27ClN18O5S. The number of carbonyl (C=O) groups is 3. The van der Waals surface area contributed by atoms with E-state index < -0.39 is 29.1 Å². The van der Waals surface area contributed by atoms with Gasteiger partial charge in [0.1, 0.15) is 19.0 Å². The highest BCUT2D eigenvalue weighted by Crippen LogP contribution is 2.01. The largest absolute Gasteiger partial charge is 0.364 e. The minimum Gasteiger partial charge on any atom is -0.364 e. The van der Waals surface area contributed by atoms with Gasteiger partial charge in [-0.15, -0.1) is 26.9 Å². The minimum atomic E-state index is -0.758. The fourth-order valence-corrected chi connectivity index (χ4v) is 3.79. The molecule has 5 aromatic rings. The molecule has 1 aliphatic rings. The lowest BCUT2D eigenvalue weighted by molar-refractivity contribution is -0.111. The highest BCUT2D eigenvalue weighted by atomic mass is 35.5. The smallest absolute Gasteiger partial charge is 0.353 e. The van der Waals surface area contributed by atoms with Crippen LogP contribution >= 0.6 is 22.9 Å². The van der Waals surface area contributed by atoms with Crippen LogP contribution in [0.3, 0.4) is 0 Å². The van der Waals surface area contributed by atoms with Crippen molar-refractivity contribution in [1.29, 1.82) is 0 Å². The standard InChI is InChI=1S/C7H7ClN6O2.C6H6N6O2.C6H10N6O.C4H4S/c8-1-2-14-7(16)13-3-10-4(5(9)15)6(13)11-12-14;1-11-6(14)12-2-8-3(4(7)13)5(12)9-10-11;1-12(2)11-10-6-4(5(7)13)8-3-9-6;1-2-4-5-3-1/h3H,1-2H2,(H2,9,15);2H,1H3,(H2,7,13);3,11H,1-2H3,(H2,7,13);1-4H/b;;10-6-;. The van der Waals surface area contributed by atoms with E-state index in [2.05, 4.69) is 51.2 Å². The van der Waals surface area contributed by atoms with E-state index in [9.17, 15) is 24.0 Å². The van der Waals surface area contributed by atoms with Crippen LogP contribution in [0.2, 0.25) is 0 Å². The molecule has 0 bridgehead atoms. The molecule has 23 nitrogen and oxygen atoms in total. The van der Waals surface area contributed by atoms with Gasteiger partial charge in [-0.1, -0.05) is 22.6 Å². The van der Waals surface area contributed by atoms with E-state index in [4.69, 9.17) is 28.8 Å². The maximum atomic E-state index is 11.7. The lowest BCUT2D eigenvalue weighted by Crippen LogP contribution is -2.32. The summed E-state index contributed by atoms with van der Waals surface area (Å²) in [7, 11) is 4.95. The summed E-state index contributed by atoms with van der Waals surface area (Å²) in [6.45, 7) is 0.230. The number of aliphatic imine (C=N–C) groups is 2. The SMILES string of the molecule is CN(C)N/N=C1\N=CN=C1C(N)=O.Cn1nnc2c(C(N)=O)ncn2c1=O.NC(=O)c1ncn2c(=O)n(CCCl)nnc12.c1ccsc1. The van der Waals surface area contributed by atoms with Gasteiger partial charge in [-0.3, -0.25) is 14.4 Å². The Labute approximate surface area is 277 Å². The molecular weight excluding hydrogens is 676 g/mol.